The van der Waals surface area contributed by atoms with Gasteiger partial charge in [-0.1, -0.05) is 18.2 Å². The van der Waals surface area contributed by atoms with E-state index in [0.717, 1.165) is 5.69 Å². The second-order valence-corrected chi connectivity index (χ2v) is 3.77. The highest BCUT2D eigenvalue weighted by molar-refractivity contribution is 5.64. The lowest BCUT2D eigenvalue weighted by Gasteiger charge is -2.01. The zero-order valence-electron chi connectivity index (χ0n) is 9.59. The van der Waals surface area contributed by atoms with Crippen LogP contribution in [-0.2, 0) is 6.42 Å². The molecule has 0 bridgehead atoms. The summed E-state index contributed by atoms with van der Waals surface area (Å²) >= 11 is 0. The van der Waals surface area contributed by atoms with Gasteiger partial charge in [-0.15, -0.1) is 0 Å². The molecule has 1 aromatic heterocycles. The molecule has 6 nitrogen and oxygen atoms in total. The van der Waals surface area contributed by atoms with E-state index in [1.165, 1.54) is 10.7 Å². The molecule has 0 aliphatic heterocycles. The summed E-state index contributed by atoms with van der Waals surface area (Å²) in [5.41, 5.74) is 1.28. The van der Waals surface area contributed by atoms with Crippen LogP contribution in [0, 0.1) is 0 Å². The fourth-order valence-electron chi connectivity index (χ4n) is 1.65. The van der Waals surface area contributed by atoms with Gasteiger partial charge in [0.15, 0.2) is 0 Å². The van der Waals surface area contributed by atoms with E-state index in [2.05, 4.69) is 10.4 Å². The van der Waals surface area contributed by atoms with Crippen LogP contribution in [0.2, 0.25) is 0 Å². The van der Waals surface area contributed by atoms with Gasteiger partial charge in [0.05, 0.1) is 5.69 Å². The molecule has 0 unspecified atom stereocenters. The van der Waals surface area contributed by atoms with E-state index < -0.39 is 6.09 Å². The minimum Gasteiger partial charge on any atom is -0.465 e. The Bertz CT molecular complexity index is 586. The molecule has 94 valence electrons. The van der Waals surface area contributed by atoms with E-state index in [0.29, 0.717) is 12.1 Å². The fraction of sp³-hybridized carbons (Fsp3) is 0.167. The van der Waals surface area contributed by atoms with Crippen molar-refractivity contribution in [3.8, 4) is 5.69 Å². The van der Waals surface area contributed by atoms with Crippen LogP contribution in [0.3, 0.4) is 0 Å². The van der Waals surface area contributed by atoms with Crippen LogP contribution in [0.1, 0.15) is 5.69 Å². The van der Waals surface area contributed by atoms with Gasteiger partial charge in [-0.05, 0) is 12.1 Å². The number of carboxylic acid groups (broad SMARTS) is 1. The Morgan fingerprint density at radius 3 is 2.72 bits per heavy atom. The Morgan fingerprint density at radius 2 is 2.06 bits per heavy atom. The summed E-state index contributed by atoms with van der Waals surface area (Å²) in [6.45, 7) is 0.268. The highest BCUT2D eigenvalue weighted by atomic mass is 16.4. The Balaban J connectivity index is 2.13. The first-order chi connectivity index (χ1) is 8.66. The second-order valence-electron chi connectivity index (χ2n) is 3.77. The lowest BCUT2D eigenvalue weighted by Crippen LogP contribution is -2.23. The third kappa shape index (κ3) is 2.79. The van der Waals surface area contributed by atoms with E-state index >= 15 is 0 Å². The lowest BCUT2D eigenvalue weighted by atomic mass is 10.3. The molecule has 1 aromatic carbocycles. The number of hydrogen-bond donors (Lipinski definition) is 3. The first-order valence-corrected chi connectivity index (χ1v) is 5.50. The summed E-state index contributed by atoms with van der Waals surface area (Å²) in [4.78, 5) is 22.0. The van der Waals surface area contributed by atoms with Crippen molar-refractivity contribution in [2.24, 2.45) is 0 Å². The van der Waals surface area contributed by atoms with Gasteiger partial charge in [0.25, 0.3) is 5.56 Å². The van der Waals surface area contributed by atoms with E-state index in [4.69, 9.17) is 5.11 Å². The van der Waals surface area contributed by atoms with Crippen molar-refractivity contribution in [3.05, 3.63) is 52.4 Å². The maximum absolute atomic E-state index is 11.7. The normalized spacial score (nSPS) is 10.2. The van der Waals surface area contributed by atoms with Crippen LogP contribution in [-0.4, -0.2) is 27.5 Å². The van der Waals surface area contributed by atoms with Gasteiger partial charge in [-0.3, -0.25) is 9.89 Å². The topological polar surface area (TPSA) is 87.1 Å². The monoisotopic (exact) mass is 247 g/mol. The molecule has 0 radical (unpaired) electrons. The van der Waals surface area contributed by atoms with Crippen molar-refractivity contribution in [1.82, 2.24) is 15.1 Å². The quantitative estimate of drug-likeness (QED) is 0.752. The molecule has 2 aromatic rings. The molecule has 0 fully saturated rings. The first-order valence-electron chi connectivity index (χ1n) is 5.50. The number of nitrogens with zero attached hydrogens (tertiary/aromatic N) is 1. The Kier molecular flexibility index (Phi) is 3.47. The second kappa shape index (κ2) is 5.22. The number of rotatable bonds is 4. The maximum Gasteiger partial charge on any atom is 0.404 e. The molecule has 3 N–H and O–H groups in total. The molecule has 18 heavy (non-hydrogen) atoms. The molecule has 2 rings (SSSR count). The Morgan fingerprint density at radius 1 is 1.33 bits per heavy atom. The number of carbonyl (C=O) groups is 1. The number of aromatic nitrogens is 2. The number of hydrogen-bond acceptors (Lipinski definition) is 2. The van der Waals surface area contributed by atoms with E-state index in [9.17, 15) is 9.59 Å². The van der Waals surface area contributed by atoms with Crippen molar-refractivity contribution in [2.75, 3.05) is 6.54 Å². The molecule has 6 heteroatoms. The molecule has 0 atom stereocenters. The molecule has 1 amide bonds. The third-order valence-corrected chi connectivity index (χ3v) is 2.46. The van der Waals surface area contributed by atoms with Crippen molar-refractivity contribution >= 4 is 6.09 Å². The SMILES string of the molecule is O=C(O)NCCc1cc(=O)n(-c2ccccc2)[nH]1. The summed E-state index contributed by atoms with van der Waals surface area (Å²) in [6, 6.07) is 10.7. The van der Waals surface area contributed by atoms with Crippen molar-refractivity contribution in [1.29, 1.82) is 0 Å². The van der Waals surface area contributed by atoms with Crippen LogP contribution in [0.15, 0.2) is 41.2 Å². The number of para-hydroxylation sites is 1. The van der Waals surface area contributed by atoms with Crippen molar-refractivity contribution in [3.63, 3.8) is 0 Å². The van der Waals surface area contributed by atoms with Crippen molar-refractivity contribution < 1.29 is 9.90 Å². The van der Waals surface area contributed by atoms with E-state index in [-0.39, 0.29) is 12.1 Å². The van der Waals surface area contributed by atoms with Gasteiger partial charge in [-0.25, -0.2) is 9.48 Å². The summed E-state index contributed by atoms with van der Waals surface area (Å²) < 4.78 is 1.43. The average Bonchev–Trinajstić information content (AvgIpc) is 2.71. The fourth-order valence-corrected chi connectivity index (χ4v) is 1.65. The smallest absolute Gasteiger partial charge is 0.404 e. The maximum atomic E-state index is 11.7. The van der Waals surface area contributed by atoms with E-state index in [1.807, 2.05) is 30.3 Å². The van der Waals surface area contributed by atoms with Gasteiger partial charge in [0.1, 0.15) is 0 Å². The summed E-state index contributed by atoms with van der Waals surface area (Å²) in [7, 11) is 0. The molecule has 0 saturated carbocycles. The third-order valence-electron chi connectivity index (χ3n) is 2.46. The average molecular weight is 247 g/mol. The minimum atomic E-state index is -1.07. The molecule has 1 heterocycles. The number of H-pyrrole nitrogens is 1. The van der Waals surface area contributed by atoms with Crippen LogP contribution in [0.4, 0.5) is 4.79 Å². The minimum absolute atomic E-state index is 0.161. The van der Waals surface area contributed by atoms with Gasteiger partial charge in [0, 0.05) is 24.7 Å². The highest BCUT2D eigenvalue weighted by Crippen LogP contribution is 2.03. The van der Waals surface area contributed by atoms with Crippen LogP contribution in [0.5, 0.6) is 0 Å². The van der Waals surface area contributed by atoms with Crippen molar-refractivity contribution in [2.45, 2.75) is 6.42 Å². The Hall–Kier alpha value is -2.50. The summed E-state index contributed by atoms with van der Waals surface area (Å²) in [5, 5.41) is 13.6. The van der Waals surface area contributed by atoms with Gasteiger partial charge < -0.3 is 10.4 Å². The molecular formula is C12H13N3O3. The number of amides is 1. The predicted molar refractivity (Wildman–Crippen MR) is 66.1 cm³/mol. The van der Waals surface area contributed by atoms with Gasteiger partial charge in [0.2, 0.25) is 0 Å². The number of nitrogens with one attached hydrogen (secondary N) is 2. The lowest BCUT2D eigenvalue weighted by molar-refractivity contribution is 0.194. The molecule has 0 saturated heterocycles. The predicted octanol–water partition coefficient (Wildman–Crippen LogP) is 0.976. The standard InChI is InChI=1S/C12H13N3O3/c16-11-8-9(6-7-13-12(17)18)14-15(11)10-4-2-1-3-5-10/h1-5,8,13-14H,6-7H2,(H,17,18). The Labute approximate surface area is 103 Å². The largest absolute Gasteiger partial charge is 0.465 e. The van der Waals surface area contributed by atoms with E-state index in [1.54, 1.807) is 0 Å². The summed E-state index contributed by atoms with van der Waals surface area (Å²) in [6.07, 6.45) is -0.624. The zero-order valence-corrected chi connectivity index (χ0v) is 9.59. The number of aromatic amines is 1. The van der Waals surface area contributed by atoms with Gasteiger partial charge in [-0.2, -0.15) is 0 Å². The molecule has 0 aliphatic rings. The number of benzene rings is 1. The molecule has 0 spiro atoms. The highest BCUT2D eigenvalue weighted by Gasteiger charge is 2.04. The zero-order chi connectivity index (χ0) is 13.0. The summed E-state index contributed by atoms with van der Waals surface area (Å²) in [5.74, 6) is 0. The van der Waals surface area contributed by atoms with Crippen LogP contribution in [0.25, 0.3) is 5.69 Å². The van der Waals surface area contributed by atoms with Crippen LogP contribution >= 0.6 is 0 Å². The first kappa shape index (κ1) is 12.0. The van der Waals surface area contributed by atoms with Crippen LogP contribution < -0.4 is 10.9 Å². The molecular weight excluding hydrogens is 234 g/mol. The van der Waals surface area contributed by atoms with Gasteiger partial charge >= 0.3 is 6.09 Å². The molecule has 0 aliphatic carbocycles.